The van der Waals surface area contributed by atoms with Crippen molar-refractivity contribution in [1.82, 2.24) is 0 Å². The molecular formula is C8H15CaNO3. The summed E-state index contributed by atoms with van der Waals surface area (Å²) in [5, 5.41) is 10.4. The van der Waals surface area contributed by atoms with Gasteiger partial charge < -0.3 is 0 Å². The third-order valence-electron chi connectivity index (χ3n) is 2.28. The summed E-state index contributed by atoms with van der Waals surface area (Å²) in [6.45, 7) is 0. The molecule has 0 N–H and O–H groups in total. The standard InChI is InChI=1S/C8H13NO3.Ca.2H/c10-8-6-4-2-1-3-5-7(8)9(11)12;;;/h7H,1-6H2;;;. The van der Waals surface area contributed by atoms with Crippen LogP contribution in [0.3, 0.4) is 0 Å². The van der Waals surface area contributed by atoms with Gasteiger partial charge in [-0.3, -0.25) is 14.9 Å². The second-order valence-electron chi connectivity index (χ2n) is 3.22. The number of ketones is 1. The molecule has 0 spiro atoms. The molecule has 0 radical (unpaired) electrons. The first kappa shape index (κ1) is 13.3. The number of nitro groups is 1. The zero-order chi connectivity index (χ0) is 8.97. The molecule has 4 nitrogen and oxygen atoms in total. The van der Waals surface area contributed by atoms with E-state index < -0.39 is 11.0 Å². The number of hydrogen-bond acceptors (Lipinski definition) is 3. The second kappa shape index (κ2) is 6.73. The van der Waals surface area contributed by atoms with E-state index in [0.717, 1.165) is 25.7 Å². The third kappa shape index (κ3) is 4.38. The molecule has 1 rings (SSSR count). The number of hydrogen-bond donors (Lipinski definition) is 0. The Hall–Kier alpha value is 0.330. The molecule has 0 aromatic heterocycles. The first-order valence-corrected chi connectivity index (χ1v) is 4.38. The normalized spacial score (nSPS) is 24.0. The summed E-state index contributed by atoms with van der Waals surface area (Å²) in [6.07, 6.45) is 4.53. The Balaban J connectivity index is 0.00000144. The van der Waals surface area contributed by atoms with Gasteiger partial charge >= 0.3 is 37.7 Å². The fourth-order valence-corrected chi connectivity index (χ4v) is 1.54. The fourth-order valence-electron chi connectivity index (χ4n) is 1.54. The molecule has 1 fully saturated rings. The number of nitrogens with zero attached hydrogens (tertiary/aromatic N) is 1. The van der Waals surface area contributed by atoms with Crippen LogP contribution in [0.25, 0.3) is 0 Å². The van der Waals surface area contributed by atoms with Gasteiger partial charge in [0, 0.05) is 17.8 Å². The van der Waals surface area contributed by atoms with E-state index in [0.29, 0.717) is 12.8 Å². The summed E-state index contributed by atoms with van der Waals surface area (Å²) in [5.74, 6) is -0.181. The van der Waals surface area contributed by atoms with Crippen LogP contribution in [0.2, 0.25) is 0 Å². The number of rotatable bonds is 1. The van der Waals surface area contributed by atoms with Gasteiger partial charge in [0.05, 0.1) is 0 Å². The molecule has 0 bridgehead atoms. The van der Waals surface area contributed by atoms with Crippen LogP contribution >= 0.6 is 0 Å². The molecule has 0 saturated heterocycles. The number of carbonyl (C=O) groups is 1. The Labute approximate surface area is 107 Å². The van der Waals surface area contributed by atoms with Crippen LogP contribution in [-0.2, 0) is 4.79 Å². The Kier molecular flexibility index (Phi) is 6.91. The van der Waals surface area contributed by atoms with E-state index in [2.05, 4.69) is 0 Å². The van der Waals surface area contributed by atoms with Crippen molar-refractivity contribution in [3.05, 3.63) is 10.1 Å². The third-order valence-corrected chi connectivity index (χ3v) is 2.28. The molecule has 1 unspecified atom stereocenters. The molecule has 5 heteroatoms. The summed E-state index contributed by atoms with van der Waals surface area (Å²) in [5.41, 5.74) is 0. The first-order valence-electron chi connectivity index (χ1n) is 4.38. The van der Waals surface area contributed by atoms with Gasteiger partial charge in [-0.1, -0.05) is 12.8 Å². The number of carbonyl (C=O) groups excluding carboxylic acids is 1. The predicted molar refractivity (Wildman–Crippen MR) is 52.0 cm³/mol. The molecule has 0 aromatic rings. The molecule has 1 saturated carbocycles. The molecule has 0 aliphatic heterocycles. The predicted octanol–water partition coefficient (Wildman–Crippen LogP) is 0.639. The van der Waals surface area contributed by atoms with Crippen molar-refractivity contribution in [2.75, 3.05) is 0 Å². The van der Waals surface area contributed by atoms with Crippen molar-refractivity contribution in [3.8, 4) is 0 Å². The van der Waals surface area contributed by atoms with E-state index in [4.69, 9.17) is 0 Å². The van der Waals surface area contributed by atoms with Gasteiger partial charge in [-0.25, -0.2) is 0 Å². The average molecular weight is 213 g/mol. The van der Waals surface area contributed by atoms with E-state index >= 15 is 0 Å². The maximum absolute atomic E-state index is 11.2. The van der Waals surface area contributed by atoms with Crippen LogP contribution < -0.4 is 0 Å². The van der Waals surface area contributed by atoms with E-state index in [1.54, 1.807) is 0 Å². The minimum atomic E-state index is -0.912. The van der Waals surface area contributed by atoms with Gasteiger partial charge in [0.2, 0.25) is 5.78 Å². The molecule has 0 aromatic carbocycles. The van der Waals surface area contributed by atoms with Crippen molar-refractivity contribution in [2.24, 2.45) is 0 Å². The summed E-state index contributed by atoms with van der Waals surface area (Å²) in [4.78, 5) is 21.1. The van der Waals surface area contributed by atoms with E-state index in [1.807, 2.05) is 0 Å². The van der Waals surface area contributed by atoms with Crippen molar-refractivity contribution in [1.29, 1.82) is 0 Å². The van der Waals surface area contributed by atoms with Crippen molar-refractivity contribution >= 4 is 43.5 Å². The van der Waals surface area contributed by atoms with Crippen LogP contribution in [0.15, 0.2) is 0 Å². The molecule has 72 valence electrons. The molecular weight excluding hydrogens is 198 g/mol. The molecule has 0 amide bonds. The molecule has 13 heavy (non-hydrogen) atoms. The summed E-state index contributed by atoms with van der Waals surface area (Å²) < 4.78 is 0. The molecule has 1 aliphatic carbocycles. The molecule has 1 aliphatic rings. The molecule has 1 atom stereocenters. The minimum absolute atomic E-state index is 0. The summed E-state index contributed by atoms with van der Waals surface area (Å²) in [6, 6.07) is -0.912. The van der Waals surface area contributed by atoms with Gasteiger partial charge in [-0.2, -0.15) is 0 Å². The maximum atomic E-state index is 11.2. The van der Waals surface area contributed by atoms with Crippen molar-refractivity contribution < 1.29 is 9.72 Å². The van der Waals surface area contributed by atoms with Crippen LogP contribution in [0.4, 0.5) is 0 Å². The Morgan fingerprint density at radius 1 is 1.23 bits per heavy atom. The fraction of sp³-hybridized carbons (Fsp3) is 0.875. The second-order valence-corrected chi connectivity index (χ2v) is 3.22. The van der Waals surface area contributed by atoms with Crippen LogP contribution in [0.1, 0.15) is 38.5 Å². The zero-order valence-corrected chi connectivity index (χ0v) is 6.99. The van der Waals surface area contributed by atoms with E-state index in [9.17, 15) is 14.9 Å². The van der Waals surface area contributed by atoms with Crippen LogP contribution in [0.5, 0.6) is 0 Å². The summed E-state index contributed by atoms with van der Waals surface area (Å²) in [7, 11) is 0. The topological polar surface area (TPSA) is 60.2 Å². The van der Waals surface area contributed by atoms with Gasteiger partial charge in [0.25, 0.3) is 6.04 Å². The van der Waals surface area contributed by atoms with Gasteiger partial charge in [0.15, 0.2) is 0 Å². The van der Waals surface area contributed by atoms with E-state index in [1.165, 1.54) is 0 Å². The zero-order valence-electron chi connectivity index (χ0n) is 6.99. The van der Waals surface area contributed by atoms with Crippen molar-refractivity contribution in [2.45, 2.75) is 44.6 Å². The van der Waals surface area contributed by atoms with Gasteiger partial charge in [-0.15, -0.1) is 0 Å². The quantitative estimate of drug-likeness (QED) is 0.365. The van der Waals surface area contributed by atoms with Gasteiger partial charge in [-0.05, 0) is 12.8 Å². The van der Waals surface area contributed by atoms with Gasteiger partial charge in [0.1, 0.15) is 0 Å². The number of Topliss-reactive ketones (excluding diaryl/α,β-unsaturated/α-hetero) is 1. The SMILES string of the molecule is O=C1CCCCCCC1[N+](=O)[O-].[CaH2]. The first-order chi connectivity index (χ1) is 5.72. The van der Waals surface area contributed by atoms with Crippen LogP contribution in [-0.4, -0.2) is 54.5 Å². The molecule has 0 heterocycles. The Bertz CT molecular complexity index is 196. The Morgan fingerprint density at radius 3 is 2.46 bits per heavy atom. The monoisotopic (exact) mass is 213 g/mol. The summed E-state index contributed by atoms with van der Waals surface area (Å²) >= 11 is 0. The Morgan fingerprint density at radius 2 is 1.85 bits per heavy atom. The van der Waals surface area contributed by atoms with Crippen molar-refractivity contribution in [3.63, 3.8) is 0 Å². The van der Waals surface area contributed by atoms with Crippen LogP contribution in [0, 0.1) is 10.1 Å². The average Bonchev–Trinajstić information content (AvgIpc) is 1.96. The van der Waals surface area contributed by atoms with E-state index in [-0.39, 0.29) is 43.5 Å².